The van der Waals surface area contributed by atoms with Crippen molar-refractivity contribution < 1.29 is 67.4 Å². The summed E-state index contributed by atoms with van der Waals surface area (Å²) in [5.41, 5.74) is 1.87. The summed E-state index contributed by atoms with van der Waals surface area (Å²) in [6.45, 7) is 16.7. The van der Waals surface area contributed by atoms with Crippen LogP contribution >= 0.6 is 0 Å². The number of nitrogens with zero attached hydrogens (tertiary/aromatic N) is 9. The summed E-state index contributed by atoms with van der Waals surface area (Å²) in [4.78, 5) is 204. The lowest BCUT2D eigenvalue weighted by Crippen LogP contribution is -2.62. The van der Waals surface area contributed by atoms with Gasteiger partial charge in [0.1, 0.15) is 66.5 Å². The van der Waals surface area contributed by atoms with Gasteiger partial charge in [0.25, 0.3) is 0 Å². The highest BCUT2D eigenvalue weighted by Gasteiger charge is 2.44. The molecule has 12 atom stereocenters. The number of carbonyl (C=O) groups is 13. The molecule has 27 nitrogen and oxygen atoms in total. The van der Waals surface area contributed by atoms with Crippen molar-refractivity contribution in [1.29, 1.82) is 0 Å². The van der Waals surface area contributed by atoms with Crippen LogP contribution in [0.25, 0.3) is 0 Å². The van der Waals surface area contributed by atoms with Crippen molar-refractivity contribution in [3.8, 4) is 0 Å². The maximum absolute atomic E-state index is 15.8. The number of hydrogen-bond donors (Lipinski definition) is 5. The Bertz CT molecular complexity index is 3430. The first-order chi connectivity index (χ1) is 48.4. The van der Waals surface area contributed by atoms with Crippen molar-refractivity contribution in [2.24, 2.45) is 17.8 Å². The van der Waals surface area contributed by atoms with Crippen LogP contribution < -0.4 is 21.3 Å². The second-order valence-electron chi connectivity index (χ2n) is 29.0. The van der Waals surface area contributed by atoms with Crippen LogP contribution in [-0.2, 0) is 81.6 Å². The van der Waals surface area contributed by atoms with E-state index in [1.54, 1.807) is 117 Å². The third-order valence-corrected chi connectivity index (χ3v) is 19.9. The van der Waals surface area contributed by atoms with Gasteiger partial charge in [-0.15, -0.1) is 0 Å². The number of carbonyl (C=O) groups excluding carboxylic acids is 13. The summed E-state index contributed by atoms with van der Waals surface area (Å²) in [6, 6.07) is 11.1. The van der Waals surface area contributed by atoms with Crippen molar-refractivity contribution in [2.45, 2.75) is 200 Å². The Morgan fingerprint density at radius 3 is 1.50 bits per heavy atom. The zero-order valence-electron chi connectivity index (χ0n) is 63.6. The van der Waals surface area contributed by atoms with Crippen LogP contribution in [-0.4, -0.2) is 275 Å². The van der Waals surface area contributed by atoms with Gasteiger partial charge in [0.05, 0.1) is 19.1 Å². The molecule has 0 spiro atoms. The minimum Gasteiger partial charge on any atom is -0.391 e. The van der Waals surface area contributed by atoms with E-state index < -0.39 is 162 Å². The molecule has 0 radical (unpaired) electrons. The Labute approximate surface area is 608 Å². The summed E-state index contributed by atoms with van der Waals surface area (Å²) >= 11 is 0. The Balaban J connectivity index is 1.67. The molecule has 2 fully saturated rings. The van der Waals surface area contributed by atoms with E-state index in [2.05, 4.69) is 21.3 Å². The molecule has 3 aromatic carbocycles. The Kier molecular flexibility index (Phi) is 31.8. The topological polar surface area (TPSA) is 319 Å². The smallest absolute Gasteiger partial charge is 0.248 e. The van der Waals surface area contributed by atoms with Crippen LogP contribution in [0.4, 0.5) is 0 Å². The monoisotopic (exact) mass is 1430 g/mol. The lowest BCUT2D eigenvalue weighted by Gasteiger charge is -2.38. The Morgan fingerprint density at radius 1 is 0.515 bits per heavy atom. The van der Waals surface area contributed by atoms with Crippen molar-refractivity contribution >= 4 is 76.8 Å². The fourth-order valence-corrected chi connectivity index (χ4v) is 12.9. The average molecular weight is 1430 g/mol. The Hall–Kier alpha value is -9.27. The molecule has 3 aromatic rings. The summed E-state index contributed by atoms with van der Waals surface area (Å²) in [6.07, 6.45) is 0.0375. The standard InChI is InChI=1S/C76H113N13O14/c1-46(2)39-57-67(94)79-64(48(5)6)69(96)78-56(73(100)88(18)61(43-55-35-27-21-28-36-55)75(102)85(15)58(41-53-31-23-19-24-32-53)66(93)77-49(7)70(97)89-37-29-22-30-38-89)44-62(91)82(12)51(9)72(99)87(17)60(40-47(3)4)74(101)86(16)59(42-54-33-25-20-26-34-54)68(95)80-65(52(10)90)76(103)83(13)50(8)71(98)81(11)45-63(92)84(57)14/h19-21,23-28,31-36,46-52,56-61,64-65,90H,22,29-30,37-45H2,1-18H3,(H,77,93)(H,78,96)(H,79,94)(H,80,95)/t49-,50-,51-,52+,56-,57-,58-,59-,60-,61-,64-,65-/m0/s1. The van der Waals surface area contributed by atoms with E-state index in [4.69, 9.17) is 0 Å². The van der Waals surface area contributed by atoms with E-state index in [0.29, 0.717) is 29.8 Å². The van der Waals surface area contributed by atoms with Crippen LogP contribution in [0.1, 0.15) is 124 Å². The summed E-state index contributed by atoms with van der Waals surface area (Å²) in [5.74, 6) is -11.1. The van der Waals surface area contributed by atoms with Gasteiger partial charge >= 0.3 is 0 Å². The number of piperidine rings is 1. The quantitative estimate of drug-likeness (QED) is 0.115. The van der Waals surface area contributed by atoms with Crippen LogP contribution in [0.2, 0.25) is 0 Å². The van der Waals surface area contributed by atoms with Gasteiger partial charge in [-0.3, -0.25) is 62.3 Å². The van der Waals surface area contributed by atoms with E-state index in [0.717, 1.165) is 48.7 Å². The number of amides is 13. The van der Waals surface area contributed by atoms with Crippen molar-refractivity contribution in [1.82, 2.24) is 65.4 Å². The average Bonchev–Trinajstić information content (AvgIpc) is 0.808. The first-order valence-electron chi connectivity index (χ1n) is 35.8. The minimum atomic E-state index is -1.86. The van der Waals surface area contributed by atoms with Crippen molar-refractivity contribution in [2.75, 3.05) is 76.0 Å². The zero-order valence-corrected chi connectivity index (χ0v) is 63.6. The molecule has 2 saturated heterocycles. The van der Waals surface area contributed by atoms with Crippen LogP contribution in [0.3, 0.4) is 0 Å². The first kappa shape index (κ1) is 84.4. The highest BCUT2D eigenvalue weighted by molar-refractivity contribution is 6.01. The molecule has 2 aliphatic rings. The van der Waals surface area contributed by atoms with Crippen molar-refractivity contribution in [3.05, 3.63) is 108 Å². The van der Waals surface area contributed by atoms with E-state index >= 15 is 28.8 Å². The molecule has 5 N–H and O–H groups in total. The third-order valence-electron chi connectivity index (χ3n) is 19.9. The van der Waals surface area contributed by atoms with Gasteiger partial charge in [0.15, 0.2) is 0 Å². The molecule has 5 rings (SSSR count). The van der Waals surface area contributed by atoms with E-state index in [1.807, 2.05) is 27.7 Å². The molecule has 2 aliphatic heterocycles. The minimum absolute atomic E-state index is 0.0116. The number of aliphatic hydroxyl groups is 1. The predicted molar refractivity (Wildman–Crippen MR) is 389 cm³/mol. The molecular formula is C76H113N13O14. The highest BCUT2D eigenvalue weighted by Crippen LogP contribution is 2.24. The van der Waals surface area contributed by atoms with Gasteiger partial charge in [-0.1, -0.05) is 133 Å². The van der Waals surface area contributed by atoms with Crippen LogP contribution in [0, 0.1) is 17.8 Å². The van der Waals surface area contributed by atoms with E-state index in [-0.39, 0.29) is 49.8 Å². The zero-order chi connectivity index (χ0) is 77.0. The number of aliphatic hydroxyl groups excluding tert-OH is 1. The van der Waals surface area contributed by atoms with Gasteiger partial charge in [-0.05, 0) is 94.2 Å². The summed E-state index contributed by atoms with van der Waals surface area (Å²) in [7, 11) is 10.8. The largest absolute Gasteiger partial charge is 0.391 e. The SMILES string of the molecule is CC(C)C[C@H]1C(=O)N[C@@H](C(C)C)C(=O)N[C@H](C(=O)N(C)[C@@H](Cc2ccccc2)C(=O)N(C)[C@@H](Cc2ccccc2)C(=O)N[C@@H](C)C(=O)N2CCCCC2)CC(=O)N(C)[C@@H](C)C(=O)N(C)[C@@H](CC(C)C)C(=O)N(C)[C@@H](Cc2ccccc2)C(=O)N[C@@H]([C@@H](C)O)C(=O)N(C)[C@@H](C)C(=O)N(C)CC(=O)N1C. The lowest BCUT2D eigenvalue weighted by molar-refractivity contribution is -0.153. The highest BCUT2D eigenvalue weighted by atomic mass is 16.3. The number of hydrogen-bond acceptors (Lipinski definition) is 14. The molecule has 27 heteroatoms. The molecule has 2 heterocycles. The number of likely N-dealkylation sites (tertiary alicyclic amines) is 1. The molecule has 0 saturated carbocycles. The molecule has 13 amide bonds. The third kappa shape index (κ3) is 22.9. The molecule has 0 bridgehead atoms. The molecule has 0 unspecified atom stereocenters. The maximum Gasteiger partial charge on any atom is 0.248 e. The molecule has 566 valence electrons. The summed E-state index contributed by atoms with van der Waals surface area (Å²) < 4.78 is 0. The molecule has 0 aliphatic carbocycles. The van der Waals surface area contributed by atoms with Gasteiger partial charge in [0.2, 0.25) is 76.8 Å². The number of likely N-dealkylation sites (N-methyl/N-ethyl adjacent to an activating group) is 8. The van der Waals surface area contributed by atoms with Crippen molar-refractivity contribution in [3.63, 3.8) is 0 Å². The van der Waals surface area contributed by atoms with Crippen LogP contribution in [0.15, 0.2) is 91.0 Å². The second-order valence-corrected chi connectivity index (χ2v) is 29.0. The number of rotatable bonds is 19. The Morgan fingerprint density at radius 2 is 0.990 bits per heavy atom. The number of benzene rings is 3. The molecule has 0 aromatic heterocycles. The fraction of sp³-hybridized carbons (Fsp3) is 0.592. The lowest BCUT2D eigenvalue weighted by atomic mass is 9.97. The predicted octanol–water partition coefficient (Wildman–Crippen LogP) is 2.51. The maximum atomic E-state index is 15.8. The van der Waals surface area contributed by atoms with E-state index in [1.165, 1.54) is 87.0 Å². The van der Waals surface area contributed by atoms with Gasteiger partial charge in [0, 0.05) is 88.7 Å². The molecule has 103 heavy (non-hydrogen) atoms. The van der Waals surface area contributed by atoms with Gasteiger partial charge in [-0.2, -0.15) is 0 Å². The summed E-state index contributed by atoms with van der Waals surface area (Å²) in [5, 5.41) is 22.2. The normalized spacial score (nSPS) is 23.2. The molecular weight excluding hydrogens is 1320 g/mol. The fourth-order valence-electron chi connectivity index (χ4n) is 12.9. The van der Waals surface area contributed by atoms with Crippen LogP contribution in [0.5, 0.6) is 0 Å². The second kappa shape index (κ2) is 38.8. The first-order valence-corrected chi connectivity index (χ1v) is 35.8. The van der Waals surface area contributed by atoms with Gasteiger partial charge < -0.3 is 70.5 Å². The van der Waals surface area contributed by atoms with E-state index in [9.17, 15) is 38.7 Å². The van der Waals surface area contributed by atoms with Gasteiger partial charge in [-0.25, -0.2) is 0 Å². The number of nitrogens with one attached hydrogen (secondary N) is 4.